The van der Waals surface area contributed by atoms with Crippen molar-refractivity contribution in [3.8, 4) is 5.69 Å². The van der Waals surface area contributed by atoms with Crippen LogP contribution in [-0.2, 0) is 9.59 Å². The number of anilines is 1. The van der Waals surface area contributed by atoms with Crippen LogP contribution in [0.25, 0.3) is 16.6 Å². The fourth-order valence-electron chi connectivity index (χ4n) is 3.43. The topological polar surface area (TPSA) is 133 Å². The van der Waals surface area contributed by atoms with E-state index in [0.29, 0.717) is 21.9 Å². The van der Waals surface area contributed by atoms with E-state index < -0.39 is 30.2 Å². The molecule has 2 amide bonds. The van der Waals surface area contributed by atoms with E-state index >= 15 is 0 Å². The molecule has 2 aromatic heterocycles. The number of amides is 2. The Morgan fingerprint density at radius 1 is 1.06 bits per heavy atom. The van der Waals surface area contributed by atoms with Crippen LogP contribution in [-0.4, -0.2) is 38.5 Å². The molecule has 4 N–H and O–H groups in total. The molecule has 0 saturated carbocycles. The van der Waals surface area contributed by atoms with Gasteiger partial charge < -0.3 is 20.7 Å². The van der Waals surface area contributed by atoms with E-state index in [1.54, 1.807) is 60.9 Å². The van der Waals surface area contributed by atoms with E-state index in [9.17, 15) is 24.3 Å². The molecule has 10 heteroatoms. The summed E-state index contributed by atoms with van der Waals surface area (Å²) < 4.78 is 1.44. The lowest BCUT2D eigenvalue weighted by Gasteiger charge is -2.17. The summed E-state index contributed by atoms with van der Waals surface area (Å²) in [5, 5.41) is 15.6. The SMILES string of the molecule is O=C(O)C[C@H](NC(=O)c1ccc2c(Cl)c[nH]c2c1)C(=O)Nc1ccc(-n2ccccc2=O)cc1. The van der Waals surface area contributed by atoms with E-state index in [1.165, 1.54) is 16.7 Å². The second-order valence-corrected chi connectivity index (χ2v) is 7.87. The van der Waals surface area contributed by atoms with E-state index in [4.69, 9.17) is 11.6 Å². The smallest absolute Gasteiger partial charge is 0.305 e. The monoisotopic (exact) mass is 478 g/mol. The number of carbonyl (C=O) groups is 3. The Hall–Kier alpha value is -4.37. The van der Waals surface area contributed by atoms with Crippen molar-refractivity contribution >= 4 is 46.0 Å². The van der Waals surface area contributed by atoms with Crippen LogP contribution in [0.3, 0.4) is 0 Å². The van der Waals surface area contributed by atoms with Gasteiger partial charge in [-0.05, 0) is 42.5 Å². The molecule has 4 aromatic rings. The highest BCUT2D eigenvalue weighted by Crippen LogP contribution is 2.23. The molecule has 0 saturated heterocycles. The summed E-state index contributed by atoms with van der Waals surface area (Å²) in [6.45, 7) is 0. The van der Waals surface area contributed by atoms with Gasteiger partial charge in [0, 0.05) is 46.3 Å². The number of rotatable bonds is 7. The number of carboxylic acids is 1. The number of fused-ring (bicyclic) bond motifs is 1. The number of aromatic amines is 1. The van der Waals surface area contributed by atoms with E-state index in [2.05, 4.69) is 15.6 Å². The van der Waals surface area contributed by atoms with Gasteiger partial charge in [0.1, 0.15) is 6.04 Å². The van der Waals surface area contributed by atoms with Gasteiger partial charge in [0.2, 0.25) is 5.91 Å². The first-order valence-electron chi connectivity index (χ1n) is 10.2. The number of carboxylic acid groups (broad SMARTS) is 1. The van der Waals surface area contributed by atoms with Gasteiger partial charge in [-0.2, -0.15) is 0 Å². The lowest BCUT2D eigenvalue weighted by molar-refractivity contribution is -0.139. The van der Waals surface area contributed by atoms with Crippen LogP contribution in [0.4, 0.5) is 5.69 Å². The molecule has 9 nitrogen and oxygen atoms in total. The molecule has 0 bridgehead atoms. The summed E-state index contributed by atoms with van der Waals surface area (Å²) in [6.07, 6.45) is 2.60. The van der Waals surface area contributed by atoms with Crippen LogP contribution in [0.15, 0.2) is 77.9 Å². The minimum Gasteiger partial charge on any atom is -0.481 e. The Morgan fingerprint density at radius 2 is 1.82 bits per heavy atom. The predicted molar refractivity (Wildman–Crippen MR) is 127 cm³/mol. The Morgan fingerprint density at radius 3 is 2.53 bits per heavy atom. The third kappa shape index (κ3) is 5.00. The fraction of sp³-hybridized carbons (Fsp3) is 0.0833. The zero-order valence-corrected chi connectivity index (χ0v) is 18.4. The van der Waals surface area contributed by atoms with Crippen molar-refractivity contribution in [3.63, 3.8) is 0 Å². The van der Waals surface area contributed by atoms with Gasteiger partial charge in [0.05, 0.1) is 11.4 Å². The molecular formula is C24H19ClN4O5. The van der Waals surface area contributed by atoms with Crippen LogP contribution in [0.1, 0.15) is 16.8 Å². The van der Waals surface area contributed by atoms with Crippen LogP contribution in [0.2, 0.25) is 5.02 Å². The number of aromatic nitrogens is 2. The number of aliphatic carboxylic acids is 1. The maximum atomic E-state index is 12.8. The normalized spacial score (nSPS) is 11.7. The number of H-pyrrole nitrogens is 1. The predicted octanol–water partition coefficient (Wildman–Crippen LogP) is 3.18. The molecule has 4 rings (SSSR count). The summed E-state index contributed by atoms with van der Waals surface area (Å²) in [4.78, 5) is 51.7. The highest BCUT2D eigenvalue weighted by Gasteiger charge is 2.24. The van der Waals surface area contributed by atoms with Crippen LogP contribution in [0, 0.1) is 0 Å². The second kappa shape index (κ2) is 9.63. The molecule has 0 aliphatic rings. The van der Waals surface area contributed by atoms with Gasteiger partial charge in [-0.3, -0.25) is 23.7 Å². The molecule has 0 spiro atoms. The number of carbonyl (C=O) groups excluding carboxylic acids is 2. The summed E-state index contributed by atoms with van der Waals surface area (Å²) in [6, 6.07) is 14.7. The van der Waals surface area contributed by atoms with E-state index in [0.717, 1.165) is 5.39 Å². The maximum Gasteiger partial charge on any atom is 0.305 e. The van der Waals surface area contributed by atoms with Crippen LogP contribution in [0.5, 0.6) is 0 Å². The lowest BCUT2D eigenvalue weighted by atomic mass is 10.1. The fourth-order valence-corrected chi connectivity index (χ4v) is 3.65. The summed E-state index contributed by atoms with van der Waals surface area (Å²) >= 11 is 6.05. The summed E-state index contributed by atoms with van der Waals surface area (Å²) in [5.74, 6) is -2.54. The van der Waals surface area contributed by atoms with Crippen LogP contribution >= 0.6 is 11.6 Å². The Bertz CT molecular complexity index is 1440. The first-order chi connectivity index (χ1) is 16.3. The molecule has 2 heterocycles. The Labute approximate surface area is 198 Å². The number of hydrogen-bond donors (Lipinski definition) is 4. The standard InChI is InChI=1S/C24H19ClN4O5/c25-18-13-26-19-11-14(4-9-17(18)19)23(33)28-20(12-22(31)32)24(34)27-15-5-7-16(8-6-15)29-10-2-1-3-21(29)30/h1-11,13,20,26H,12H2,(H,27,34)(H,28,33)(H,31,32)/t20-/m0/s1. The third-order valence-corrected chi connectivity index (χ3v) is 5.44. The first kappa shape index (κ1) is 22.8. The van der Waals surface area contributed by atoms with E-state index in [-0.39, 0.29) is 11.1 Å². The zero-order valence-electron chi connectivity index (χ0n) is 17.6. The number of pyridine rings is 1. The first-order valence-corrected chi connectivity index (χ1v) is 10.6. The lowest BCUT2D eigenvalue weighted by Crippen LogP contribution is -2.45. The number of halogens is 1. The molecule has 34 heavy (non-hydrogen) atoms. The quantitative estimate of drug-likeness (QED) is 0.324. The molecule has 0 unspecified atom stereocenters. The number of nitrogens with one attached hydrogen (secondary N) is 3. The highest BCUT2D eigenvalue weighted by molar-refractivity contribution is 6.35. The Kier molecular flexibility index (Phi) is 6.46. The minimum absolute atomic E-state index is 0.205. The van der Waals surface area contributed by atoms with Crippen molar-refractivity contribution in [2.45, 2.75) is 12.5 Å². The number of benzene rings is 2. The molecular weight excluding hydrogens is 460 g/mol. The van der Waals surface area contributed by atoms with Crippen molar-refractivity contribution in [1.82, 2.24) is 14.9 Å². The average Bonchev–Trinajstić information content (AvgIpc) is 3.19. The van der Waals surface area contributed by atoms with Crippen molar-refractivity contribution < 1.29 is 19.5 Å². The van der Waals surface area contributed by atoms with Crippen molar-refractivity contribution in [2.24, 2.45) is 0 Å². The second-order valence-electron chi connectivity index (χ2n) is 7.47. The number of nitrogens with zero attached hydrogens (tertiary/aromatic N) is 1. The van der Waals surface area contributed by atoms with Gasteiger partial charge in [-0.1, -0.05) is 23.7 Å². The molecule has 0 aliphatic carbocycles. The van der Waals surface area contributed by atoms with Gasteiger partial charge >= 0.3 is 5.97 Å². The van der Waals surface area contributed by atoms with Crippen molar-refractivity contribution in [1.29, 1.82) is 0 Å². The molecule has 172 valence electrons. The molecule has 1 atom stereocenters. The molecule has 0 aliphatic heterocycles. The molecule has 2 aromatic carbocycles. The van der Waals surface area contributed by atoms with Crippen LogP contribution < -0.4 is 16.2 Å². The van der Waals surface area contributed by atoms with Crippen molar-refractivity contribution in [2.75, 3.05) is 5.32 Å². The summed E-state index contributed by atoms with van der Waals surface area (Å²) in [7, 11) is 0. The summed E-state index contributed by atoms with van der Waals surface area (Å²) in [5.41, 5.74) is 1.65. The third-order valence-electron chi connectivity index (χ3n) is 5.13. The average molecular weight is 479 g/mol. The molecule has 0 radical (unpaired) electrons. The number of hydrogen-bond acceptors (Lipinski definition) is 4. The minimum atomic E-state index is -1.32. The van der Waals surface area contributed by atoms with Crippen molar-refractivity contribution in [3.05, 3.63) is 94.0 Å². The van der Waals surface area contributed by atoms with Gasteiger partial charge in [-0.15, -0.1) is 0 Å². The molecule has 0 fully saturated rings. The Balaban J connectivity index is 1.48. The van der Waals surface area contributed by atoms with Gasteiger partial charge in [0.25, 0.3) is 11.5 Å². The highest BCUT2D eigenvalue weighted by atomic mass is 35.5. The van der Waals surface area contributed by atoms with Gasteiger partial charge in [0.15, 0.2) is 0 Å². The zero-order chi connectivity index (χ0) is 24.2. The van der Waals surface area contributed by atoms with Gasteiger partial charge in [-0.25, -0.2) is 0 Å². The van der Waals surface area contributed by atoms with E-state index in [1.807, 2.05) is 0 Å². The maximum absolute atomic E-state index is 12.8. The largest absolute Gasteiger partial charge is 0.481 e.